The fraction of sp³-hybridized carbons (Fsp3) is 0.800. The second-order valence-corrected chi connectivity index (χ2v) is 5.75. The van der Waals surface area contributed by atoms with Crippen LogP contribution in [0.25, 0.3) is 0 Å². The highest BCUT2D eigenvalue weighted by Crippen LogP contribution is 2.36. The highest BCUT2D eigenvalue weighted by atomic mass is 15.3. The van der Waals surface area contributed by atoms with Gasteiger partial charge >= 0.3 is 0 Å². The van der Waals surface area contributed by atoms with E-state index in [1.807, 2.05) is 10.9 Å². The van der Waals surface area contributed by atoms with Crippen LogP contribution in [0.15, 0.2) is 12.4 Å². The Morgan fingerprint density at radius 2 is 2.17 bits per heavy atom. The van der Waals surface area contributed by atoms with Gasteiger partial charge in [-0.1, -0.05) is 19.8 Å². The number of aromatic nitrogens is 2. The predicted molar refractivity (Wildman–Crippen MR) is 75.3 cm³/mol. The molecule has 3 atom stereocenters. The lowest BCUT2D eigenvalue weighted by Crippen LogP contribution is -2.31. The van der Waals surface area contributed by atoms with Crippen molar-refractivity contribution in [2.75, 3.05) is 6.54 Å². The number of hydrogen-bond donors (Lipinski definition) is 1. The summed E-state index contributed by atoms with van der Waals surface area (Å²) in [6.07, 6.45) is 10.8. The first-order valence-electron chi connectivity index (χ1n) is 7.48. The van der Waals surface area contributed by atoms with Crippen molar-refractivity contribution in [3.63, 3.8) is 0 Å². The third-order valence-electron chi connectivity index (χ3n) is 4.64. The molecule has 1 saturated carbocycles. The molecule has 0 radical (unpaired) electrons. The molecule has 0 spiro atoms. The smallest absolute Gasteiger partial charge is 0.0521 e. The zero-order valence-corrected chi connectivity index (χ0v) is 11.8. The summed E-state index contributed by atoms with van der Waals surface area (Å²) in [5.74, 6) is 2.40. The first-order valence-corrected chi connectivity index (χ1v) is 7.48. The van der Waals surface area contributed by atoms with Gasteiger partial charge in [-0.05, 0) is 56.0 Å². The minimum absolute atomic E-state index is 0.720. The molecule has 1 aliphatic carbocycles. The summed E-state index contributed by atoms with van der Waals surface area (Å²) in [7, 11) is 0. The molecular formula is C15H27N3. The molecule has 18 heavy (non-hydrogen) atoms. The standard InChI is InChI=1S/C15H27N3/c1-3-12-5-6-14(9-16)15(7-12)8-13-10-17-18(4-2)11-13/h10-12,14-15H,3-9,16H2,1-2H3. The molecule has 1 heterocycles. The van der Waals surface area contributed by atoms with Gasteiger partial charge in [0.05, 0.1) is 6.20 Å². The SMILES string of the molecule is CCC1CCC(CN)C(Cc2cnn(CC)c2)C1. The van der Waals surface area contributed by atoms with Gasteiger partial charge in [-0.2, -0.15) is 5.10 Å². The Labute approximate surface area is 111 Å². The van der Waals surface area contributed by atoms with Crippen LogP contribution in [-0.4, -0.2) is 16.3 Å². The van der Waals surface area contributed by atoms with Gasteiger partial charge < -0.3 is 5.73 Å². The number of aryl methyl sites for hydroxylation is 1. The number of hydrogen-bond acceptors (Lipinski definition) is 2. The molecule has 0 aliphatic heterocycles. The van der Waals surface area contributed by atoms with Gasteiger partial charge in [-0.3, -0.25) is 4.68 Å². The zero-order chi connectivity index (χ0) is 13.0. The maximum Gasteiger partial charge on any atom is 0.0521 e. The lowest BCUT2D eigenvalue weighted by molar-refractivity contribution is 0.180. The van der Waals surface area contributed by atoms with E-state index in [4.69, 9.17) is 5.73 Å². The summed E-state index contributed by atoms with van der Waals surface area (Å²) in [4.78, 5) is 0. The predicted octanol–water partition coefficient (Wildman–Crippen LogP) is 2.85. The fourth-order valence-electron chi connectivity index (χ4n) is 3.34. The third-order valence-corrected chi connectivity index (χ3v) is 4.64. The van der Waals surface area contributed by atoms with E-state index in [0.29, 0.717) is 0 Å². The Morgan fingerprint density at radius 3 is 2.78 bits per heavy atom. The molecule has 0 bridgehead atoms. The van der Waals surface area contributed by atoms with E-state index in [-0.39, 0.29) is 0 Å². The molecule has 0 saturated heterocycles. The molecule has 1 aromatic heterocycles. The van der Waals surface area contributed by atoms with Crippen LogP contribution in [0, 0.1) is 17.8 Å². The van der Waals surface area contributed by atoms with Crippen molar-refractivity contribution < 1.29 is 0 Å². The summed E-state index contributed by atoms with van der Waals surface area (Å²) >= 11 is 0. The fourth-order valence-corrected chi connectivity index (χ4v) is 3.34. The molecule has 3 heteroatoms. The molecule has 0 aromatic carbocycles. The van der Waals surface area contributed by atoms with Crippen LogP contribution in [0.3, 0.4) is 0 Å². The van der Waals surface area contributed by atoms with Crippen LogP contribution in [0.4, 0.5) is 0 Å². The second kappa shape index (κ2) is 6.37. The molecule has 102 valence electrons. The average Bonchev–Trinajstić information content (AvgIpc) is 2.86. The number of nitrogens with zero attached hydrogens (tertiary/aromatic N) is 2. The van der Waals surface area contributed by atoms with E-state index in [0.717, 1.165) is 30.8 Å². The van der Waals surface area contributed by atoms with Crippen molar-refractivity contribution in [2.24, 2.45) is 23.5 Å². The normalized spacial score (nSPS) is 28.5. The second-order valence-electron chi connectivity index (χ2n) is 5.75. The van der Waals surface area contributed by atoms with Crippen LogP contribution < -0.4 is 5.73 Å². The van der Waals surface area contributed by atoms with E-state index in [1.54, 1.807) is 0 Å². The molecule has 1 fully saturated rings. The average molecular weight is 249 g/mol. The largest absolute Gasteiger partial charge is 0.330 e. The van der Waals surface area contributed by atoms with Gasteiger partial charge in [0.1, 0.15) is 0 Å². The first-order chi connectivity index (χ1) is 8.76. The minimum Gasteiger partial charge on any atom is -0.330 e. The van der Waals surface area contributed by atoms with E-state index < -0.39 is 0 Å². The molecule has 1 aromatic rings. The Bertz CT molecular complexity index is 358. The summed E-state index contributed by atoms with van der Waals surface area (Å²) in [6, 6.07) is 0. The van der Waals surface area contributed by atoms with Gasteiger partial charge in [0.25, 0.3) is 0 Å². The quantitative estimate of drug-likeness (QED) is 0.872. The summed E-state index contributed by atoms with van der Waals surface area (Å²) in [5, 5.41) is 4.38. The van der Waals surface area contributed by atoms with Crippen molar-refractivity contribution in [1.29, 1.82) is 0 Å². The van der Waals surface area contributed by atoms with E-state index >= 15 is 0 Å². The van der Waals surface area contributed by atoms with Crippen molar-refractivity contribution in [3.05, 3.63) is 18.0 Å². The van der Waals surface area contributed by atoms with Gasteiger partial charge in [0.15, 0.2) is 0 Å². The van der Waals surface area contributed by atoms with Gasteiger partial charge in [0, 0.05) is 12.7 Å². The lowest BCUT2D eigenvalue weighted by Gasteiger charge is -2.35. The minimum atomic E-state index is 0.720. The first kappa shape index (κ1) is 13.6. The Morgan fingerprint density at radius 1 is 1.33 bits per heavy atom. The summed E-state index contributed by atoms with van der Waals surface area (Å²) in [6.45, 7) is 6.26. The van der Waals surface area contributed by atoms with Crippen molar-refractivity contribution in [3.8, 4) is 0 Å². The summed E-state index contributed by atoms with van der Waals surface area (Å²) < 4.78 is 2.02. The molecule has 3 nitrogen and oxygen atoms in total. The Hall–Kier alpha value is -0.830. The van der Waals surface area contributed by atoms with Crippen molar-refractivity contribution in [1.82, 2.24) is 9.78 Å². The molecule has 2 N–H and O–H groups in total. The van der Waals surface area contributed by atoms with E-state index in [2.05, 4.69) is 25.1 Å². The van der Waals surface area contributed by atoms with Crippen LogP contribution in [0.1, 0.15) is 45.1 Å². The van der Waals surface area contributed by atoms with Gasteiger partial charge in [0.2, 0.25) is 0 Å². The van der Waals surface area contributed by atoms with Crippen LogP contribution in [-0.2, 0) is 13.0 Å². The van der Waals surface area contributed by atoms with E-state index in [9.17, 15) is 0 Å². The summed E-state index contributed by atoms with van der Waals surface area (Å²) in [5.41, 5.74) is 7.33. The van der Waals surface area contributed by atoms with Crippen molar-refractivity contribution >= 4 is 0 Å². The molecule has 0 amide bonds. The molecule has 2 rings (SSSR count). The Balaban J connectivity index is 1.99. The van der Waals surface area contributed by atoms with Gasteiger partial charge in [-0.25, -0.2) is 0 Å². The van der Waals surface area contributed by atoms with Crippen LogP contribution >= 0.6 is 0 Å². The third kappa shape index (κ3) is 3.14. The monoisotopic (exact) mass is 249 g/mol. The van der Waals surface area contributed by atoms with Crippen molar-refractivity contribution in [2.45, 2.75) is 52.5 Å². The van der Waals surface area contributed by atoms with Gasteiger partial charge in [-0.15, -0.1) is 0 Å². The molecule has 1 aliphatic rings. The highest BCUT2D eigenvalue weighted by molar-refractivity contribution is 5.06. The maximum absolute atomic E-state index is 5.94. The maximum atomic E-state index is 5.94. The highest BCUT2D eigenvalue weighted by Gasteiger charge is 2.29. The lowest BCUT2D eigenvalue weighted by atomic mass is 9.71. The molecule has 3 unspecified atom stereocenters. The Kier molecular flexibility index (Phi) is 4.81. The van der Waals surface area contributed by atoms with Crippen LogP contribution in [0.5, 0.6) is 0 Å². The number of rotatable bonds is 5. The zero-order valence-electron chi connectivity index (χ0n) is 11.8. The topological polar surface area (TPSA) is 43.8 Å². The van der Waals surface area contributed by atoms with E-state index in [1.165, 1.54) is 37.7 Å². The molecular weight excluding hydrogens is 222 g/mol. The number of nitrogens with two attached hydrogens (primary N) is 1. The van der Waals surface area contributed by atoms with Crippen LogP contribution in [0.2, 0.25) is 0 Å².